The molecule has 2 aromatic rings. The van der Waals surface area contributed by atoms with E-state index in [2.05, 4.69) is 15.9 Å². The second kappa shape index (κ2) is 7.05. The standard InChI is InChI=1S/C15H16BrNO3/c1-18-14-4-2-3-5-15(14)20-9-8-19-13-7-6-11(16)10-12(13)17/h2-7,10H,8-9,17H2,1H3. The van der Waals surface area contributed by atoms with Gasteiger partial charge in [-0.1, -0.05) is 28.1 Å². The molecule has 4 nitrogen and oxygen atoms in total. The van der Waals surface area contributed by atoms with Crippen molar-refractivity contribution in [3.05, 3.63) is 46.9 Å². The van der Waals surface area contributed by atoms with Gasteiger partial charge < -0.3 is 19.9 Å². The molecule has 2 rings (SSSR count). The third kappa shape index (κ3) is 3.81. The average molecular weight is 338 g/mol. The molecule has 2 N–H and O–H groups in total. The predicted molar refractivity (Wildman–Crippen MR) is 82.5 cm³/mol. The van der Waals surface area contributed by atoms with Crippen LogP contribution in [0.3, 0.4) is 0 Å². The van der Waals surface area contributed by atoms with Crippen LogP contribution in [0.2, 0.25) is 0 Å². The number of anilines is 1. The Bertz CT molecular complexity index is 575. The Labute approximate surface area is 126 Å². The highest BCUT2D eigenvalue weighted by atomic mass is 79.9. The third-order valence-corrected chi connectivity index (χ3v) is 3.13. The summed E-state index contributed by atoms with van der Waals surface area (Å²) in [6.07, 6.45) is 0. The quantitative estimate of drug-likeness (QED) is 0.647. The molecular formula is C15H16BrNO3. The molecule has 0 saturated carbocycles. The van der Waals surface area contributed by atoms with Gasteiger partial charge in [-0.05, 0) is 30.3 Å². The first-order valence-corrected chi connectivity index (χ1v) is 6.93. The monoisotopic (exact) mass is 337 g/mol. The number of hydrogen-bond donors (Lipinski definition) is 1. The highest BCUT2D eigenvalue weighted by Crippen LogP contribution is 2.27. The molecule has 0 aliphatic heterocycles. The molecule has 0 unspecified atom stereocenters. The Morgan fingerprint density at radius 2 is 1.60 bits per heavy atom. The van der Waals surface area contributed by atoms with Crippen LogP contribution < -0.4 is 19.9 Å². The van der Waals surface area contributed by atoms with Crippen molar-refractivity contribution >= 4 is 21.6 Å². The summed E-state index contributed by atoms with van der Waals surface area (Å²) >= 11 is 3.35. The molecule has 0 atom stereocenters. The van der Waals surface area contributed by atoms with Crippen LogP contribution >= 0.6 is 15.9 Å². The second-order valence-electron chi connectivity index (χ2n) is 4.03. The smallest absolute Gasteiger partial charge is 0.161 e. The van der Waals surface area contributed by atoms with E-state index in [1.807, 2.05) is 36.4 Å². The molecule has 0 amide bonds. The average Bonchev–Trinajstić information content (AvgIpc) is 2.46. The van der Waals surface area contributed by atoms with Gasteiger partial charge in [0.05, 0.1) is 12.8 Å². The minimum atomic E-state index is 0.407. The lowest BCUT2D eigenvalue weighted by Gasteiger charge is -2.12. The summed E-state index contributed by atoms with van der Waals surface area (Å²) in [5.74, 6) is 2.05. The van der Waals surface area contributed by atoms with Crippen molar-refractivity contribution in [2.75, 3.05) is 26.1 Å². The number of rotatable bonds is 6. The molecule has 0 fully saturated rings. The van der Waals surface area contributed by atoms with Gasteiger partial charge in [-0.25, -0.2) is 0 Å². The van der Waals surface area contributed by atoms with Crippen LogP contribution in [0.4, 0.5) is 5.69 Å². The molecule has 5 heteroatoms. The van der Waals surface area contributed by atoms with Gasteiger partial charge in [0.25, 0.3) is 0 Å². The first-order chi connectivity index (χ1) is 9.70. The number of hydrogen-bond acceptors (Lipinski definition) is 4. The van der Waals surface area contributed by atoms with Crippen molar-refractivity contribution in [3.8, 4) is 17.2 Å². The Kier molecular flexibility index (Phi) is 5.12. The van der Waals surface area contributed by atoms with E-state index in [1.54, 1.807) is 13.2 Å². The van der Waals surface area contributed by atoms with Gasteiger partial charge in [-0.2, -0.15) is 0 Å². The first-order valence-electron chi connectivity index (χ1n) is 6.14. The van der Waals surface area contributed by atoms with E-state index in [9.17, 15) is 0 Å². The van der Waals surface area contributed by atoms with Crippen LogP contribution in [0, 0.1) is 0 Å². The minimum absolute atomic E-state index is 0.407. The van der Waals surface area contributed by atoms with Crippen molar-refractivity contribution in [3.63, 3.8) is 0 Å². The first kappa shape index (κ1) is 14.5. The van der Waals surface area contributed by atoms with Gasteiger partial charge in [-0.15, -0.1) is 0 Å². The lowest BCUT2D eigenvalue weighted by Crippen LogP contribution is -2.10. The number of benzene rings is 2. The molecular weight excluding hydrogens is 322 g/mol. The number of nitrogens with two attached hydrogens (primary N) is 1. The fraction of sp³-hybridized carbons (Fsp3) is 0.200. The highest BCUT2D eigenvalue weighted by molar-refractivity contribution is 9.10. The van der Waals surface area contributed by atoms with Gasteiger partial charge in [0.15, 0.2) is 11.5 Å². The number of ether oxygens (including phenoxy) is 3. The minimum Gasteiger partial charge on any atom is -0.493 e. The maximum atomic E-state index is 5.84. The maximum absolute atomic E-state index is 5.84. The van der Waals surface area contributed by atoms with Crippen LogP contribution in [-0.2, 0) is 0 Å². The molecule has 0 aliphatic carbocycles. The molecule has 2 aromatic carbocycles. The summed E-state index contributed by atoms with van der Waals surface area (Å²) in [7, 11) is 1.61. The molecule has 0 radical (unpaired) electrons. The van der Waals surface area contributed by atoms with Gasteiger partial charge in [0.2, 0.25) is 0 Å². The Balaban J connectivity index is 1.84. The van der Waals surface area contributed by atoms with E-state index in [0.29, 0.717) is 36.1 Å². The number of halogens is 1. The summed E-state index contributed by atoms with van der Waals surface area (Å²) in [6.45, 7) is 0.819. The predicted octanol–water partition coefficient (Wildman–Crippen LogP) is 3.50. The van der Waals surface area contributed by atoms with Crippen LogP contribution in [0.25, 0.3) is 0 Å². The fourth-order valence-corrected chi connectivity index (χ4v) is 2.07. The number of nitrogen functional groups attached to an aromatic ring is 1. The number of methoxy groups -OCH3 is 1. The molecule has 106 valence electrons. The summed E-state index contributed by atoms with van der Waals surface area (Å²) in [5, 5.41) is 0. The highest BCUT2D eigenvalue weighted by Gasteiger charge is 2.04. The van der Waals surface area contributed by atoms with Gasteiger partial charge >= 0.3 is 0 Å². The maximum Gasteiger partial charge on any atom is 0.161 e. The molecule has 0 aromatic heterocycles. The van der Waals surface area contributed by atoms with Crippen molar-refractivity contribution in [2.45, 2.75) is 0 Å². The van der Waals surface area contributed by atoms with Crippen LogP contribution in [0.1, 0.15) is 0 Å². The molecule has 0 aliphatic rings. The molecule has 0 saturated heterocycles. The molecule has 0 bridgehead atoms. The summed E-state index contributed by atoms with van der Waals surface area (Å²) < 4.78 is 17.3. The van der Waals surface area contributed by atoms with Gasteiger partial charge in [0, 0.05) is 4.47 Å². The summed E-state index contributed by atoms with van der Waals surface area (Å²) in [4.78, 5) is 0. The van der Waals surface area contributed by atoms with E-state index in [-0.39, 0.29) is 0 Å². The van der Waals surface area contributed by atoms with E-state index >= 15 is 0 Å². The van der Waals surface area contributed by atoms with Crippen molar-refractivity contribution in [1.82, 2.24) is 0 Å². The Morgan fingerprint density at radius 3 is 2.25 bits per heavy atom. The van der Waals surface area contributed by atoms with Gasteiger partial charge in [0.1, 0.15) is 19.0 Å². The topological polar surface area (TPSA) is 53.7 Å². The molecule has 0 heterocycles. The zero-order valence-corrected chi connectivity index (χ0v) is 12.7. The van der Waals surface area contributed by atoms with E-state index in [1.165, 1.54) is 0 Å². The van der Waals surface area contributed by atoms with Crippen molar-refractivity contribution in [2.24, 2.45) is 0 Å². The zero-order valence-electron chi connectivity index (χ0n) is 11.1. The summed E-state index contributed by atoms with van der Waals surface area (Å²) in [5.41, 5.74) is 6.44. The Morgan fingerprint density at radius 1 is 0.950 bits per heavy atom. The Hall–Kier alpha value is -1.88. The van der Waals surface area contributed by atoms with E-state index in [0.717, 1.165) is 4.47 Å². The third-order valence-electron chi connectivity index (χ3n) is 2.64. The lowest BCUT2D eigenvalue weighted by molar-refractivity contribution is 0.212. The van der Waals surface area contributed by atoms with Crippen LogP contribution in [0.5, 0.6) is 17.2 Å². The lowest BCUT2D eigenvalue weighted by atomic mass is 10.3. The fourth-order valence-electron chi connectivity index (χ4n) is 1.69. The van der Waals surface area contributed by atoms with Crippen LogP contribution in [0.15, 0.2) is 46.9 Å². The number of para-hydroxylation sites is 2. The normalized spacial score (nSPS) is 10.1. The van der Waals surface area contributed by atoms with E-state index in [4.69, 9.17) is 19.9 Å². The van der Waals surface area contributed by atoms with Crippen molar-refractivity contribution < 1.29 is 14.2 Å². The van der Waals surface area contributed by atoms with E-state index < -0.39 is 0 Å². The van der Waals surface area contributed by atoms with Gasteiger partial charge in [-0.3, -0.25) is 0 Å². The summed E-state index contributed by atoms with van der Waals surface area (Å²) in [6, 6.07) is 13.0. The largest absolute Gasteiger partial charge is 0.493 e. The van der Waals surface area contributed by atoms with Crippen molar-refractivity contribution in [1.29, 1.82) is 0 Å². The molecule has 0 spiro atoms. The SMILES string of the molecule is COc1ccccc1OCCOc1ccc(Br)cc1N. The van der Waals surface area contributed by atoms with Crippen LogP contribution in [-0.4, -0.2) is 20.3 Å². The molecule has 20 heavy (non-hydrogen) atoms. The second-order valence-corrected chi connectivity index (χ2v) is 4.95. The zero-order chi connectivity index (χ0) is 14.4.